The van der Waals surface area contributed by atoms with Gasteiger partial charge in [0.05, 0.1) is 0 Å². The average Bonchev–Trinajstić information content (AvgIpc) is 2.75. The Morgan fingerprint density at radius 1 is 1.47 bits per heavy atom. The maximum Gasteiger partial charge on any atom is 0.123 e. The molecular weight excluding hydrogens is 304 g/mol. The van der Waals surface area contributed by atoms with Gasteiger partial charge in [-0.15, -0.1) is 0 Å². The summed E-state index contributed by atoms with van der Waals surface area (Å²) in [7, 11) is 0. The molecule has 1 aromatic carbocycles. The van der Waals surface area contributed by atoms with Crippen molar-refractivity contribution in [1.29, 1.82) is 0 Å². The number of likely N-dealkylation sites (tertiary alicyclic amines) is 1. The maximum absolute atomic E-state index is 6.16. The van der Waals surface area contributed by atoms with E-state index in [-0.39, 0.29) is 6.10 Å². The summed E-state index contributed by atoms with van der Waals surface area (Å²) in [5.41, 5.74) is 7.47. The first-order valence-corrected chi connectivity index (χ1v) is 7.84. The quantitative estimate of drug-likeness (QED) is 0.908. The summed E-state index contributed by atoms with van der Waals surface area (Å²) in [4.78, 5) is 2.45. The number of ether oxygens (including phenoxy) is 1. The van der Waals surface area contributed by atoms with Crippen LogP contribution in [-0.4, -0.2) is 36.7 Å². The molecule has 0 aliphatic carbocycles. The summed E-state index contributed by atoms with van der Waals surface area (Å²) in [5, 5.41) is 0. The van der Waals surface area contributed by atoms with Gasteiger partial charge in [0.25, 0.3) is 0 Å². The van der Waals surface area contributed by atoms with E-state index in [2.05, 4.69) is 39.9 Å². The van der Waals surface area contributed by atoms with Crippen LogP contribution < -0.4 is 10.5 Å². The lowest BCUT2D eigenvalue weighted by Crippen LogP contribution is -2.50. The highest BCUT2D eigenvalue weighted by molar-refractivity contribution is 9.10. The maximum atomic E-state index is 6.16. The number of halogens is 1. The van der Waals surface area contributed by atoms with Gasteiger partial charge in [-0.2, -0.15) is 0 Å². The van der Waals surface area contributed by atoms with Crippen molar-refractivity contribution in [2.45, 2.75) is 31.9 Å². The molecule has 3 unspecified atom stereocenters. The zero-order valence-corrected chi connectivity index (χ0v) is 12.9. The minimum atomic E-state index is 0.282. The molecule has 104 valence electrons. The van der Waals surface area contributed by atoms with E-state index >= 15 is 0 Å². The van der Waals surface area contributed by atoms with Crippen LogP contribution in [-0.2, 0) is 6.42 Å². The van der Waals surface area contributed by atoms with Crippen LogP contribution in [0.3, 0.4) is 0 Å². The van der Waals surface area contributed by atoms with Crippen LogP contribution in [0.1, 0.15) is 18.9 Å². The van der Waals surface area contributed by atoms with Gasteiger partial charge in [-0.3, -0.25) is 4.90 Å². The highest BCUT2D eigenvalue weighted by Crippen LogP contribution is 2.31. The van der Waals surface area contributed by atoms with Crippen LogP contribution in [0.25, 0.3) is 0 Å². The number of rotatable bonds is 2. The first kappa shape index (κ1) is 13.4. The number of hydrogen-bond donors (Lipinski definition) is 1. The number of hydrogen-bond acceptors (Lipinski definition) is 3. The van der Waals surface area contributed by atoms with Crippen LogP contribution in [0.15, 0.2) is 22.7 Å². The normalized spacial score (nSPS) is 31.0. The Labute approximate surface area is 123 Å². The molecule has 1 saturated heterocycles. The number of nitrogens with two attached hydrogens (primary N) is 1. The van der Waals surface area contributed by atoms with Crippen molar-refractivity contribution in [3.63, 3.8) is 0 Å². The number of fused-ring (bicyclic) bond motifs is 1. The lowest BCUT2D eigenvalue weighted by Gasteiger charge is -2.36. The number of benzene rings is 1. The van der Waals surface area contributed by atoms with Crippen molar-refractivity contribution < 1.29 is 4.74 Å². The van der Waals surface area contributed by atoms with Gasteiger partial charge >= 0.3 is 0 Å². The van der Waals surface area contributed by atoms with Gasteiger partial charge < -0.3 is 10.5 Å². The molecular formula is C15H21BrN2O. The first-order chi connectivity index (χ1) is 9.11. The molecule has 0 aromatic heterocycles. The largest absolute Gasteiger partial charge is 0.488 e. The number of piperidine rings is 1. The van der Waals surface area contributed by atoms with Gasteiger partial charge in [-0.1, -0.05) is 22.9 Å². The Morgan fingerprint density at radius 3 is 3.11 bits per heavy atom. The van der Waals surface area contributed by atoms with Gasteiger partial charge in [0.15, 0.2) is 0 Å². The van der Waals surface area contributed by atoms with E-state index in [0.29, 0.717) is 12.0 Å². The third-order valence-corrected chi connectivity index (χ3v) is 4.82. The molecule has 2 N–H and O–H groups in total. The second-order valence-corrected chi connectivity index (χ2v) is 6.80. The van der Waals surface area contributed by atoms with Crippen molar-refractivity contribution in [3.05, 3.63) is 28.2 Å². The monoisotopic (exact) mass is 324 g/mol. The van der Waals surface area contributed by atoms with E-state index in [4.69, 9.17) is 10.5 Å². The molecule has 0 saturated carbocycles. The van der Waals surface area contributed by atoms with Crippen molar-refractivity contribution in [2.24, 2.45) is 11.7 Å². The van der Waals surface area contributed by atoms with Gasteiger partial charge in [0, 0.05) is 30.0 Å². The number of nitrogens with zero attached hydrogens (tertiary/aromatic N) is 1. The summed E-state index contributed by atoms with van der Waals surface area (Å²) in [6.45, 7) is 5.39. The van der Waals surface area contributed by atoms with Crippen molar-refractivity contribution in [3.8, 4) is 5.75 Å². The third kappa shape index (κ3) is 2.96. The Bertz CT molecular complexity index is 465. The molecule has 0 radical (unpaired) electrons. The molecule has 3 rings (SSSR count). The fourth-order valence-corrected chi connectivity index (χ4v) is 3.42. The second-order valence-electron chi connectivity index (χ2n) is 5.89. The van der Waals surface area contributed by atoms with Crippen LogP contribution in [0.5, 0.6) is 5.75 Å². The van der Waals surface area contributed by atoms with Gasteiger partial charge in [0.1, 0.15) is 11.9 Å². The highest BCUT2D eigenvalue weighted by Gasteiger charge is 2.28. The minimum absolute atomic E-state index is 0.282. The van der Waals surface area contributed by atoms with E-state index < -0.39 is 0 Å². The van der Waals surface area contributed by atoms with Gasteiger partial charge in [-0.25, -0.2) is 0 Å². The Morgan fingerprint density at radius 2 is 2.32 bits per heavy atom. The molecule has 2 aliphatic heterocycles. The molecule has 4 heteroatoms. The standard InChI is InChI=1S/C15H21BrN2O/c1-10-4-5-18(9-14(10)17)8-13-7-11-6-12(16)2-3-15(11)19-13/h2-3,6,10,13-14H,4-5,7-9,17H2,1H3. The summed E-state index contributed by atoms with van der Waals surface area (Å²) < 4.78 is 7.15. The third-order valence-electron chi connectivity index (χ3n) is 4.33. The van der Waals surface area contributed by atoms with Crippen LogP contribution in [0.4, 0.5) is 0 Å². The molecule has 3 nitrogen and oxygen atoms in total. The lowest BCUT2D eigenvalue weighted by molar-refractivity contribution is 0.109. The average molecular weight is 325 g/mol. The molecule has 19 heavy (non-hydrogen) atoms. The van der Waals surface area contributed by atoms with Crippen molar-refractivity contribution in [1.82, 2.24) is 4.90 Å². The van der Waals surface area contributed by atoms with Crippen LogP contribution >= 0.6 is 15.9 Å². The van der Waals surface area contributed by atoms with E-state index in [0.717, 1.165) is 36.3 Å². The van der Waals surface area contributed by atoms with Crippen LogP contribution in [0, 0.1) is 5.92 Å². The second kappa shape index (κ2) is 5.43. The van der Waals surface area contributed by atoms with Gasteiger partial charge in [-0.05, 0) is 42.6 Å². The zero-order chi connectivity index (χ0) is 13.4. The zero-order valence-electron chi connectivity index (χ0n) is 11.3. The minimum Gasteiger partial charge on any atom is -0.488 e. The molecule has 3 atom stereocenters. The predicted molar refractivity (Wildman–Crippen MR) is 80.5 cm³/mol. The van der Waals surface area contributed by atoms with E-state index in [1.54, 1.807) is 0 Å². The summed E-state index contributed by atoms with van der Waals surface area (Å²) in [6, 6.07) is 6.58. The van der Waals surface area contributed by atoms with Gasteiger partial charge in [0.2, 0.25) is 0 Å². The molecule has 1 fully saturated rings. The fraction of sp³-hybridized carbons (Fsp3) is 0.600. The molecule has 0 bridgehead atoms. The van der Waals surface area contributed by atoms with E-state index in [9.17, 15) is 0 Å². The first-order valence-electron chi connectivity index (χ1n) is 7.05. The molecule has 2 aliphatic rings. The Kier molecular flexibility index (Phi) is 3.83. The molecule has 1 aromatic rings. The fourth-order valence-electron chi connectivity index (χ4n) is 3.01. The highest BCUT2D eigenvalue weighted by atomic mass is 79.9. The van der Waals surface area contributed by atoms with Crippen molar-refractivity contribution >= 4 is 15.9 Å². The topological polar surface area (TPSA) is 38.5 Å². The Balaban J connectivity index is 1.59. The van der Waals surface area contributed by atoms with Crippen molar-refractivity contribution in [2.75, 3.05) is 19.6 Å². The lowest BCUT2D eigenvalue weighted by atomic mass is 9.94. The summed E-state index contributed by atoms with van der Waals surface area (Å²) in [6.07, 6.45) is 2.49. The SMILES string of the molecule is CC1CCN(CC2Cc3cc(Br)ccc3O2)CC1N. The summed E-state index contributed by atoms with van der Waals surface area (Å²) >= 11 is 3.52. The molecule has 0 amide bonds. The molecule has 2 heterocycles. The van der Waals surface area contributed by atoms with E-state index in [1.807, 2.05) is 6.07 Å². The van der Waals surface area contributed by atoms with E-state index in [1.165, 1.54) is 12.0 Å². The van der Waals surface area contributed by atoms with Crippen LogP contribution in [0.2, 0.25) is 0 Å². The Hall–Kier alpha value is -0.580. The predicted octanol–water partition coefficient (Wildman–Crippen LogP) is 2.42. The summed E-state index contributed by atoms with van der Waals surface area (Å²) in [5.74, 6) is 1.69. The molecule has 0 spiro atoms. The smallest absolute Gasteiger partial charge is 0.123 e.